The molecule has 1 aliphatic rings. The third-order valence-corrected chi connectivity index (χ3v) is 9.28. The average Bonchev–Trinajstić information content (AvgIpc) is 3.23. The van der Waals surface area contributed by atoms with E-state index in [4.69, 9.17) is 0 Å². The second-order valence-corrected chi connectivity index (χ2v) is 12.9. The Bertz CT molecular complexity index is 1400. The predicted molar refractivity (Wildman–Crippen MR) is 177 cm³/mol. The van der Waals surface area contributed by atoms with Crippen LogP contribution in [0, 0.1) is 13.8 Å². The van der Waals surface area contributed by atoms with E-state index in [1.807, 2.05) is 0 Å². The summed E-state index contributed by atoms with van der Waals surface area (Å²) < 4.78 is 1.14. The van der Waals surface area contributed by atoms with Gasteiger partial charge in [-0.15, -0.1) is 0 Å². The van der Waals surface area contributed by atoms with Crippen LogP contribution in [-0.2, 0) is 18.3 Å². The van der Waals surface area contributed by atoms with Gasteiger partial charge in [-0.3, -0.25) is 0 Å². The zero-order chi connectivity index (χ0) is 28.1. The average molecular weight is 594 g/mol. The van der Waals surface area contributed by atoms with E-state index in [2.05, 4.69) is 122 Å². The fourth-order valence-corrected chi connectivity index (χ4v) is 7.36. The Morgan fingerprint density at radius 2 is 1.10 bits per heavy atom. The summed E-state index contributed by atoms with van der Waals surface area (Å²) in [6.07, 6.45) is 12.6. The number of benzene rings is 4. The summed E-state index contributed by atoms with van der Waals surface area (Å²) in [7, 11) is 0. The lowest BCUT2D eigenvalue weighted by Crippen LogP contribution is -2.29. The molecule has 1 aliphatic carbocycles. The van der Waals surface area contributed by atoms with Crippen LogP contribution in [0.5, 0.6) is 0 Å². The standard InChI is InChI=1S/C39H45Br/c1-5-7-9-11-15-30-21-28(3)23-32(25-30)39(33-24-29(4)22-31(26-33)16-12-10-8-6-2)37-18-14-13-17-35(37)36-20-19-34(40)27-38(36)39/h13-14,17-27H,5-12,15-16H2,1-4H3. The first-order chi connectivity index (χ1) is 19.5. The molecule has 0 amide bonds. The van der Waals surface area contributed by atoms with Crippen molar-refractivity contribution < 1.29 is 0 Å². The zero-order valence-corrected chi connectivity index (χ0v) is 26.5. The number of halogens is 1. The second kappa shape index (κ2) is 12.9. The number of aryl methyl sites for hydroxylation is 4. The van der Waals surface area contributed by atoms with Crippen molar-refractivity contribution in [3.63, 3.8) is 0 Å². The van der Waals surface area contributed by atoms with Gasteiger partial charge in [0.2, 0.25) is 0 Å². The third kappa shape index (κ3) is 5.73. The van der Waals surface area contributed by atoms with E-state index < -0.39 is 0 Å². The zero-order valence-electron chi connectivity index (χ0n) is 25.0. The van der Waals surface area contributed by atoms with Gasteiger partial charge in [-0.2, -0.15) is 0 Å². The fraction of sp³-hybridized carbons (Fsp3) is 0.385. The lowest BCUT2D eigenvalue weighted by atomic mass is 9.66. The van der Waals surface area contributed by atoms with Crippen LogP contribution >= 0.6 is 15.9 Å². The van der Waals surface area contributed by atoms with E-state index in [1.165, 1.54) is 107 Å². The summed E-state index contributed by atoms with van der Waals surface area (Å²) in [6.45, 7) is 9.15. The highest BCUT2D eigenvalue weighted by Crippen LogP contribution is 2.57. The molecule has 208 valence electrons. The molecule has 4 aromatic rings. The molecule has 4 aromatic carbocycles. The molecule has 5 rings (SSSR count). The molecule has 0 aliphatic heterocycles. The highest BCUT2D eigenvalue weighted by Gasteiger charge is 2.46. The molecule has 0 saturated heterocycles. The molecular formula is C39H45Br. The van der Waals surface area contributed by atoms with Crippen LogP contribution in [0.4, 0.5) is 0 Å². The van der Waals surface area contributed by atoms with Crippen LogP contribution in [0.2, 0.25) is 0 Å². The van der Waals surface area contributed by atoms with Gasteiger partial charge in [0.05, 0.1) is 5.41 Å². The highest BCUT2D eigenvalue weighted by atomic mass is 79.9. The van der Waals surface area contributed by atoms with Gasteiger partial charge in [-0.1, -0.05) is 146 Å². The molecule has 1 heteroatoms. The van der Waals surface area contributed by atoms with Crippen molar-refractivity contribution in [2.75, 3.05) is 0 Å². The minimum absolute atomic E-state index is 0.343. The van der Waals surface area contributed by atoms with E-state index in [-0.39, 0.29) is 5.41 Å². The van der Waals surface area contributed by atoms with Gasteiger partial charge in [-0.05, 0) is 96.2 Å². The molecule has 0 unspecified atom stereocenters. The molecule has 0 radical (unpaired) electrons. The van der Waals surface area contributed by atoms with Gasteiger partial charge < -0.3 is 0 Å². The Balaban J connectivity index is 1.74. The van der Waals surface area contributed by atoms with Crippen molar-refractivity contribution in [2.45, 2.75) is 97.3 Å². The molecule has 0 fully saturated rings. The third-order valence-electron chi connectivity index (χ3n) is 8.79. The van der Waals surface area contributed by atoms with Gasteiger partial charge in [0.15, 0.2) is 0 Å². The molecule has 0 nitrogen and oxygen atoms in total. The van der Waals surface area contributed by atoms with Crippen molar-refractivity contribution in [3.05, 3.63) is 128 Å². The first-order valence-electron chi connectivity index (χ1n) is 15.6. The van der Waals surface area contributed by atoms with E-state index in [9.17, 15) is 0 Å². The minimum atomic E-state index is -0.343. The van der Waals surface area contributed by atoms with Crippen LogP contribution in [0.15, 0.2) is 83.3 Å². The van der Waals surface area contributed by atoms with E-state index in [0.717, 1.165) is 17.3 Å². The smallest absolute Gasteiger partial charge is 0.0654 e. The summed E-state index contributed by atoms with van der Waals surface area (Å²) in [5.41, 5.74) is 13.7. The number of hydrogen-bond acceptors (Lipinski definition) is 0. The lowest BCUT2D eigenvalue weighted by molar-refractivity contribution is 0.663. The number of fused-ring (bicyclic) bond motifs is 3. The Kier molecular flexibility index (Phi) is 9.31. The maximum absolute atomic E-state index is 3.86. The maximum atomic E-state index is 3.86. The topological polar surface area (TPSA) is 0 Å². The van der Waals surface area contributed by atoms with E-state index >= 15 is 0 Å². The Hall–Kier alpha value is -2.64. The maximum Gasteiger partial charge on any atom is 0.0714 e. The Morgan fingerprint density at radius 1 is 0.550 bits per heavy atom. The van der Waals surface area contributed by atoms with Crippen LogP contribution in [-0.4, -0.2) is 0 Å². The van der Waals surface area contributed by atoms with Gasteiger partial charge in [-0.25, -0.2) is 0 Å². The molecular weight excluding hydrogens is 548 g/mol. The van der Waals surface area contributed by atoms with Crippen LogP contribution < -0.4 is 0 Å². The molecule has 0 bridgehead atoms. The minimum Gasteiger partial charge on any atom is -0.0654 e. The van der Waals surface area contributed by atoms with Gasteiger partial charge in [0.1, 0.15) is 0 Å². The van der Waals surface area contributed by atoms with Crippen molar-refractivity contribution >= 4 is 15.9 Å². The van der Waals surface area contributed by atoms with Crippen molar-refractivity contribution in [3.8, 4) is 11.1 Å². The highest BCUT2D eigenvalue weighted by molar-refractivity contribution is 9.10. The Morgan fingerprint density at radius 3 is 1.68 bits per heavy atom. The molecule has 0 saturated carbocycles. The van der Waals surface area contributed by atoms with E-state index in [0.29, 0.717) is 0 Å². The summed E-state index contributed by atoms with van der Waals surface area (Å²) in [5.74, 6) is 0. The van der Waals surface area contributed by atoms with Crippen molar-refractivity contribution in [1.29, 1.82) is 0 Å². The summed E-state index contributed by atoms with van der Waals surface area (Å²) in [4.78, 5) is 0. The summed E-state index contributed by atoms with van der Waals surface area (Å²) in [6, 6.07) is 30.9. The largest absolute Gasteiger partial charge is 0.0714 e. The first kappa shape index (κ1) is 28.9. The first-order valence-corrected chi connectivity index (χ1v) is 16.4. The number of unbranched alkanes of at least 4 members (excludes halogenated alkanes) is 6. The lowest BCUT2D eigenvalue weighted by Gasteiger charge is -2.35. The van der Waals surface area contributed by atoms with Crippen molar-refractivity contribution in [2.24, 2.45) is 0 Å². The summed E-state index contributed by atoms with van der Waals surface area (Å²) in [5, 5.41) is 0. The van der Waals surface area contributed by atoms with Gasteiger partial charge in [0, 0.05) is 4.47 Å². The SMILES string of the molecule is CCCCCCc1cc(C)cc(C2(c3cc(C)cc(CCCCCC)c3)c3ccccc3-c3ccc(Br)cc32)c1. The molecule has 0 spiro atoms. The number of rotatable bonds is 12. The monoisotopic (exact) mass is 592 g/mol. The molecule has 0 heterocycles. The molecule has 40 heavy (non-hydrogen) atoms. The Labute approximate surface area is 251 Å². The fourth-order valence-electron chi connectivity index (χ4n) is 7.00. The van der Waals surface area contributed by atoms with Crippen LogP contribution in [0.1, 0.15) is 110 Å². The number of hydrogen-bond donors (Lipinski definition) is 0. The van der Waals surface area contributed by atoms with E-state index in [1.54, 1.807) is 0 Å². The van der Waals surface area contributed by atoms with Gasteiger partial charge >= 0.3 is 0 Å². The summed E-state index contributed by atoms with van der Waals surface area (Å²) >= 11 is 3.86. The molecule has 0 aromatic heterocycles. The second-order valence-electron chi connectivity index (χ2n) is 12.0. The van der Waals surface area contributed by atoms with Gasteiger partial charge in [0.25, 0.3) is 0 Å². The predicted octanol–water partition coefficient (Wildman–Crippen LogP) is 11.7. The molecule has 0 atom stereocenters. The van der Waals surface area contributed by atoms with Crippen molar-refractivity contribution in [1.82, 2.24) is 0 Å². The molecule has 0 N–H and O–H groups in total. The quantitative estimate of drug-likeness (QED) is 0.126. The van der Waals surface area contributed by atoms with Crippen LogP contribution in [0.3, 0.4) is 0 Å². The normalized spacial score (nSPS) is 13.3. The van der Waals surface area contributed by atoms with Crippen LogP contribution in [0.25, 0.3) is 11.1 Å².